The Balaban J connectivity index is 0.739. The molecule has 1 unspecified atom stereocenters. The number of anilines is 3. The fourth-order valence-corrected chi connectivity index (χ4v) is 12.4. The minimum Gasteiger partial charge on any atom is -0.366 e. The zero-order chi connectivity index (χ0) is 43.1. The van der Waals surface area contributed by atoms with E-state index in [0.717, 1.165) is 62.0 Å². The number of rotatable bonds is 9. The summed E-state index contributed by atoms with van der Waals surface area (Å²) < 4.78 is 32.3. The lowest BCUT2D eigenvalue weighted by Crippen LogP contribution is -2.48. The summed E-state index contributed by atoms with van der Waals surface area (Å²) in [5.41, 5.74) is 3.13. The first kappa shape index (κ1) is 41.0. The number of nitrogens with one attached hydrogen (secondary N) is 2. The number of sulfonamides is 1. The van der Waals surface area contributed by atoms with Gasteiger partial charge in [0.2, 0.25) is 33.7 Å². The number of imidazole rings is 1. The lowest BCUT2D eigenvalue weighted by Gasteiger charge is -2.37. The number of piperidine rings is 3. The van der Waals surface area contributed by atoms with Gasteiger partial charge < -0.3 is 20.4 Å². The number of fused-ring (bicyclic) bond motifs is 3. The molecule has 10 rings (SSSR count). The van der Waals surface area contributed by atoms with Crippen molar-refractivity contribution in [3.8, 4) is 0 Å². The molecule has 5 fully saturated rings. The van der Waals surface area contributed by atoms with Crippen LogP contribution in [0.15, 0.2) is 58.4 Å². The van der Waals surface area contributed by atoms with Crippen LogP contribution in [-0.2, 0) is 36.9 Å². The van der Waals surface area contributed by atoms with E-state index in [1.54, 1.807) is 55.8 Å². The first-order chi connectivity index (χ1) is 29.7. The van der Waals surface area contributed by atoms with Gasteiger partial charge in [0.05, 0.1) is 21.3 Å². The van der Waals surface area contributed by atoms with Crippen LogP contribution in [0.3, 0.4) is 0 Å². The first-order valence-electron chi connectivity index (χ1n) is 22.0. The third-order valence-corrected chi connectivity index (χ3v) is 16.4. The monoisotopic (exact) mass is 867 g/mol. The summed E-state index contributed by atoms with van der Waals surface area (Å²) in [4.78, 5) is 65.2. The van der Waals surface area contributed by atoms with Crippen molar-refractivity contribution < 1.29 is 33.0 Å². The second-order valence-electron chi connectivity index (χ2n) is 18.4. The highest BCUT2D eigenvalue weighted by atomic mass is 32.2. The van der Waals surface area contributed by atoms with Crippen molar-refractivity contribution in [2.75, 3.05) is 42.9 Å². The molecule has 2 aromatic carbocycles. The number of benzene rings is 2. The topological polar surface area (TPSA) is 212 Å². The van der Waals surface area contributed by atoms with Crippen molar-refractivity contribution in [2.24, 2.45) is 13.0 Å². The number of amides is 3. The van der Waals surface area contributed by atoms with Crippen LogP contribution in [0.5, 0.6) is 0 Å². The summed E-state index contributed by atoms with van der Waals surface area (Å²) in [6.07, 6.45) is 8.56. The van der Waals surface area contributed by atoms with Crippen molar-refractivity contribution in [2.45, 2.75) is 111 Å². The van der Waals surface area contributed by atoms with Gasteiger partial charge >= 0.3 is 5.69 Å². The molecule has 328 valence electrons. The Labute approximate surface area is 359 Å². The fourth-order valence-electron chi connectivity index (χ4n) is 10.9. The van der Waals surface area contributed by atoms with Gasteiger partial charge in [-0.25, -0.2) is 18.2 Å². The van der Waals surface area contributed by atoms with Crippen molar-refractivity contribution in [3.63, 3.8) is 0 Å². The molecular weight excluding hydrogens is 815 g/mol. The lowest BCUT2D eigenvalue weighted by molar-refractivity contribution is -0.183. The largest absolute Gasteiger partial charge is 0.366 e. The molecule has 3 amide bonds. The van der Waals surface area contributed by atoms with Crippen molar-refractivity contribution in [1.29, 1.82) is 0 Å². The third kappa shape index (κ3) is 7.13. The third-order valence-electron chi connectivity index (χ3n) is 14.5. The van der Waals surface area contributed by atoms with E-state index in [-0.39, 0.29) is 59.6 Å². The molecule has 4 aliphatic heterocycles. The van der Waals surface area contributed by atoms with Gasteiger partial charge in [-0.05, 0) is 119 Å². The Hall–Kier alpha value is -5.01. The van der Waals surface area contributed by atoms with E-state index in [2.05, 4.69) is 26.6 Å². The standard InChI is InChI=1S/C44H53N9O8S/c1-49-37-32(5-2-6-34(37)53(42(49)57)35-11-12-36(54)47-39(35)55)28-15-20-50(21-16-28)26-27-13-22-51(23-14-27)62(60,61)31-9-7-29(8-10-31)46-41-45-25-33-38(48-41)52(40(56)43(33)18-19-43)30-4-3-17-44(58,59)24-30/h2,5-10,25,27-28,30,35,58-59H,3-4,11-24,26H2,1H3,(H,45,46,48)(H,47,54,55)/t30-,35?/m1/s1. The lowest BCUT2D eigenvalue weighted by atomic mass is 9.87. The Morgan fingerprint density at radius 2 is 1.65 bits per heavy atom. The number of hydrogen-bond donors (Lipinski definition) is 4. The number of likely N-dealkylation sites (tertiary alicyclic amines) is 1. The number of aliphatic hydroxyl groups is 2. The quantitative estimate of drug-likeness (QED) is 0.141. The smallest absolute Gasteiger partial charge is 0.329 e. The highest BCUT2D eigenvalue weighted by molar-refractivity contribution is 7.89. The molecule has 0 bridgehead atoms. The van der Waals surface area contributed by atoms with Gasteiger partial charge in [-0.2, -0.15) is 9.29 Å². The van der Waals surface area contributed by atoms with E-state index < -0.39 is 33.2 Å². The molecule has 4 aromatic rings. The van der Waals surface area contributed by atoms with Gasteiger partial charge in [0.15, 0.2) is 5.79 Å². The van der Waals surface area contributed by atoms with E-state index in [4.69, 9.17) is 4.98 Å². The predicted octanol–water partition coefficient (Wildman–Crippen LogP) is 3.13. The zero-order valence-corrected chi connectivity index (χ0v) is 35.6. The Bertz CT molecular complexity index is 2620. The van der Waals surface area contributed by atoms with Crippen LogP contribution in [0, 0.1) is 5.92 Å². The molecule has 2 aromatic heterocycles. The Morgan fingerprint density at radius 3 is 2.34 bits per heavy atom. The molecule has 17 nitrogen and oxygen atoms in total. The molecule has 62 heavy (non-hydrogen) atoms. The van der Waals surface area contributed by atoms with Crippen LogP contribution in [0.2, 0.25) is 0 Å². The van der Waals surface area contributed by atoms with Crippen LogP contribution >= 0.6 is 0 Å². The molecule has 3 saturated heterocycles. The van der Waals surface area contributed by atoms with Crippen molar-refractivity contribution in [1.82, 2.24) is 33.6 Å². The average molecular weight is 868 g/mol. The maximum absolute atomic E-state index is 13.8. The fraction of sp³-hybridized carbons (Fsp3) is 0.545. The second kappa shape index (κ2) is 15.4. The van der Waals surface area contributed by atoms with Crippen LogP contribution in [0.25, 0.3) is 11.0 Å². The van der Waals surface area contributed by atoms with E-state index in [1.807, 2.05) is 12.1 Å². The zero-order valence-electron chi connectivity index (χ0n) is 34.8. The van der Waals surface area contributed by atoms with Crippen LogP contribution < -0.4 is 21.2 Å². The molecule has 2 aliphatic carbocycles. The number of imide groups is 1. The predicted molar refractivity (Wildman–Crippen MR) is 228 cm³/mol. The van der Waals surface area contributed by atoms with Gasteiger partial charge in [-0.3, -0.25) is 33.7 Å². The maximum atomic E-state index is 13.8. The molecule has 18 heteroatoms. The van der Waals surface area contributed by atoms with Gasteiger partial charge in [-0.15, -0.1) is 0 Å². The minimum atomic E-state index is -3.72. The molecule has 6 heterocycles. The molecule has 6 aliphatic rings. The summed E-state index contributed by atoms with van der Waals surface area (Å²) in [5, 5.41) is 26.3. The number of aryl methyl sites for hydroxylation is 1. The van der Waals surface area contributed by atoms with E-state index in [9.17, 15) is 37.8 Å². The number of aromatic nitrogens is 4. The SMILES string of the molecule is Cn1c(=O)n(C2CCC(=O)NC2=O)c2cccc(C3CCN(CC4CCN(S(=O)(=O)c5ccc(Nc6ncc7c(n6)N([C@@H]6CCCC(O)(O)C6)C(=O)C76CC6)cc5)CC4)CC3)c21. The normalized spacial score (nSPS) is 24.8. The molecule has 2 saturated carbocycles. The van der Waals surface area contributed by atoms with Gasteiger partial charge in [-0.1, -0.05) is 12.1 Å². The summed E-state index contributed by atoms with van der Waals surface area (Å²) in [5.74, 6) is -1.24. The average Bonchev–Trinajstić information content (AvgIpc) is 3.97. The molecule has 4 N–H and O–H groups in total. The van der Waals surface area contributed by atoms with E-state index >= 15 is 0 Å². The number of carbonyl (C=O) groups excluding carboxylic acids is 3. The van der Waals surface area contributed by atoms with Gasteiger partial charge in [0, 0.05) is 69.4 Å². The molecular formula is C44H53N9O8S. The molecule has 2 atom stereocenters. The van der Waals surface area contributed by atoms with Crippen molar-refractivity contribution in [3.05, 3.63) is 70.3 Å². The van der Waals surface area contributed by atoms with Crippen molar-refractivity contribution >= 4 is 56.2 Å². The summed E-state index contributed by atoms with van der Waals surface area (Å²) in [6, 6.07) is 11.4. The Morgan fingerprint density at radius 1 is 0.903 bits per heavy atom. The Kier molecular flexibility index (Phi) is 10.2. The van der Waals surface area contributed by atoms with Gasteiger partial charge in [0.25, 0.3) is 0 Å². The highest BCUT2D eigenvalue weighted by Crippen LogP contribution is 2.58. The van der Waals surface area contributed by atoms with Crippen LogP contribution in [0.4, 0.5) is 17.5 Å². The van der Waals surface area contributed by atoms with E-state index in [0.29, 0.717) is 68.1 Å². The summed E-state index contributed by atoms with van der Waals surface area (Å²) in [7, 11) is -1.97. The number of carbonyl (C=O) groups is 3. The highest BCUT2D eigenvalue weighted by Gasteiger charge is 2.62. The number of para-hydroxylation sites is 1. The summed E-state index contributed by atoms with van der Waals surface area (Å²) in [6.45, 7) is 3.57. The first-order valence-corrected chi connectivity index (χ1v) is 23.5. The van der Waals surface area contributed by atoms with Gasteiger partial charge in [0.1, 0.15) is 11.9 Å². The van der Waals surface area contributed by atoms with E-state index in [1.165, 1.54) is 0 Å². The second-order valence-corrected chi connectivity index (χ2v) is 20.3. The molecule has 1 spiro atoms. The van der Waals surface area contributed by atoms with Crippen LogP contribution in [-0.4, -0.2) is 109 Å². The number of hydrogen-bond acceptors (Lipinski definition) is 12. The molecule has 0 radical (unpaired) electrons. The number of nitrogens with zero attached hydrogens (tertiary/aromatic N) is 7. The summed E-state index contributed by atoms with van der Waals surface area (Å²) >= 11 is 0. The minimum absolute atomic E-state index is 0.0518. The maximum Gasteiger partial charge on any atom is 0.329 e. The van der Waals surface area contributed by atoms with Crippen LogP contribution in [0.1, 0.15) is 100 Å².